The summed E-state index contributed by atoms with van der Waals surface area (Å²) in [7, 11) is 2.01. The number of hydrogen-bond donors (Lipinski definition) is 1. The molecule has 0 bridgehead atoms. The van der Waals surface area contributed by atoms with Crippen LogP contribution in [0.25, 0.3) is 10.9 Å². The van der Waals surface area contributed by atoms with Crippen molar-refractivity contribution in [2.45, 2.75) is 32.7 Å². The number of nitrogens with zero attached hydrogens (tertiary/aromatic N) is 1. The largest absolute Gasteiger partial charge is 0.345 e. The van der Waals surface area contributed by atoms with Crippen LogP contribution in [0.1, 0.15) is 31.9 Å². The maximum absolute atomic E-state index is 3.57. The van der Waals surface area contributed by atoms with Crippen molar-refractivity contribution in [3.8, 4) is 0 Å². The van der Waals surface area contributed by atoms with Crippen molar-refractivity contribution in [3.05, 3.63) is 34.4 Å². The van der Waals surface area contributed by atoms with Gasteiger partial charge >= 0.3 is 0 Å². The van der Waals surface area contributed by atoms with Crippen LogP contribution >= 0.6 is 15.9 Å². The molecule has 1 N–H and O–H groups in total. The number of hydrogen-bond acceptors (Lipinski definition) is 1. The fourth-order valence-electron chi connectivity index (χ4n) is 2.38. The molecule has 18 heavy (non-hydrogen) atoms. The maximum atomic E-state index is 3.57. The first-order valence-corrected chi connectivity index (χ1v) is 7.36. The summed E-state index contributed by atoms with van der Waals surface area (Å²) in [4.78, 5) is 0. The van der Waals surface area contributed by atoms with Gasteiger partial charge < -0.3 is 9.88 Å². The summed E-state index contributed by atoms with van der Waals surface area (Å²) in [6.45, 7) is 5.54. The Bertz CT molecular complexity index is 529. The van der Waals surface area contributed by atoms with Crippen LogP contribution in [0.5, 0.6) is 0 Å². The second kappa shape index (κ2) is 5.89. The minimum absolute atomic E-state index is 0.500. The predicted octanol–water partition coefficient (Wildman–Crippen LogP) is 4.14. The monoisotopic (exact) mass is 308 g/mol. The van der Waals surface area contributed by atoms with Crippen LogP contribution in [-0.2, 0) is 6.42 Å². The van der Waals surface area contributed by atoms with Gasteiger partial charge in [-0.1, -0.05) is 22.0 Å². The van der Waals surface area contributed by atoms with E-state index in [4.69, 9.17) is 0 Å². The summed E-state index contributed by atoms with van der Waals surface area (Å²) in [6.07, 6.45) is 4.64. The van der Waals surface area contributed by atoms with E-state index >= 15 is 0 Å². The highest BCUT2D eigenvalue weighted by Crippen LogP contribution is 2.28. The Balaban J connectivity index is 2.41. The third-order valence-corrected chi connectivity index (χ3v) is 3.80. The van der Waals surface area contributed by atoms with E-state index in [1.54, 1.807) is 0 Å². The highest BCUT2D eigenvalue weighted by atomic mass is 79.9. The average molecular weight is 309 g/mol. The first-order chi connectivity index (χ1) is 8.63. The van der Waals surface area contributed by atoms with Gasteiger partial charge in [-0.3, -0.25) is 0 Å². The van der Waals surface area contributed by atoms with Crippen molar-refractivity contribution in [2.75, 3.05) is 13.6 Å². The van der Waals surface area contributed by atoms with Crippen LogP contribution in [0, 0.1) is 0 Å². The number of rotatable bonds is 5. The summed E-state index contributed by atoms with van der Waals surface area (Å²) in [5.74, 6) is 0. The average Bonchev–Trinajstić information content (AvgIpc) is 2.68. The van der Waals surface area contributed by atoms with Gasteiger partial charge in [0, 0.05) is 27.6 Å². The zero-order chi connectivity index (χ0) is 13.1. The standard InChI is InChI=1S/C15H21BrN2/c1-11(2)18-10-12(5-4-8-17-3)14-7-6-13(16)9-15(14)18/h6-7,9-11,17H,4-5,8H2,1-3H3. The molecule has 98 valence electrons. The van der Waals surface area contributed by atoms with Crippen LogP contribution in [0.4, 0.5) is 0 Å². The van der Waals surface area contributed by atoms with Crippen LogP contribution in [0.3, 0.4) is 0 Å². The van der Waals surface area contributed by atoms with Gasteiger partial charge in [-0.15, -0.1) is 0 Å². The molecule has 0 aliphatic carbocycles. The third-order valence-electron chi connectivity index (χ3n) is 3.31. The molecule has 0 unspecified atom stereocenters. The Morgan fingerprint density at radius 2 is 2.11 bits per heavy atom. The van der Waals surface area contributed by atoms with Gasteiger partial charge in [0.05, 0.1) is 0 Å². The lowest BCUT2D eigenvalue weighted by Gasteiger charge is -2.08. The first kappa shape index (κ1) is 13.6. The van der Waals surface area contributed by atoms with Crippen LogP contribution in [0.2, 0.25) is 0 Å². The van der Waals surface area contributed by atoms with E-state index in [-0.39, 0.29) is 0 Å². The Kier molecular flexibility index (Phi) is 4.46. The van der Waals surface area contributed by atoms with Gasteiger partial charge in [0.2, 0.25) is 0 Å². The lowest BCUT2D eigenvalue weighted by molar-refractivity contribution is 0.619. The molecule has 0 fully saturated rings. The number of benzene rings is 1. The summed E-state index contributed by atoms with van der Waals surface area (Å²) >= 11 is 3.57. The van der Waals surface area contributed by atoms with Gasteiger partial charge in [-0.25, -0.2) is 0 Å². The predicted molar refractivity (Wildman–Crippen MR) is 82.3 cm³/mol. The minimum atomic E-state index is 0.500. The van der Waals surface area contributed by atoms with Crippen molar-refractivity contribution in [2.24, 2.45) is 0 Å². The summed E-state index contributed by atoms with van der Waals surface area (Å²) in [5, 5.41) is 4.60. The summed E-state index contributed by atoms with van der Waals surface area (Å²) in [5.41, 5.74) is 2.79. The van der Waals surface area contributed by atoms with E-state index in [1.165, 1.54) is 22.9 Å². The second-order valence-electron chi connectivity index (χ2n) is 5.02. The molecule has 0 radical (unpaired) electrons. The quantitative estimate of drug-likeness (QED) is 0.822. The van der Waals surface area contributed by atoms with E-state index in [9.17, 15) is 0 Å². The Morgan fingerprint density at radius 1 is 1.33 bits per heavy atom. The van der Waals surface area contributed by atoms with E-state index < -0.39 is 0 Å². The SMILES string of the molecule is CNCCCc1cn(C(C)C)c2cc(Br)ccc12. The molecule has 0 aliphatic heterocycles. The van der Waals surface area contributed by atoms with Crippen molar-refractivity contribution >= 4 is 26.8 Å². The van der Waals surface area contributed by atoms with E-state index in [2.05, 4.69) is 64.1 Å². The molecule has 3 heteroatoms. The zero-order valence-electron chi connectivity index (χ0n) is 11.3. The van der Waals surface area contributed by atoms with Gasteiger partial charge in [-0.05, 0) is 58.0 Å². The molecule has 0 saturated heterocycles. The number of aryl methyl sites for hydroxylation is 1. The van der Waals surface area contributed by atoms with Crippen molar-refractivity contribution in [1.29, 1.82) is 0 Å². The fraction of sp³-hybridized carbons (Fsp3) is 0.467. The van der Waals surface area contributed by atoms with Gasteiger partial charge in [-0.2, -0.15) is 0 Å². The smallest absolute Gasteiger partial charge is 0.0496 e. The Hall–Kier alpha value is -0.800. The molecule has 1 aromatic heterocycles. The highest BCUT2D eigenvalue weighted by molar-refractivity contribution is 9.10. The molecule has 1 heterocycles. The second-order valence-corrected chi connectivity index (χ2v) is 5.94. The van der Waals surface area contributed by atoms with E-state index in [1.807, 2.05) is 7.05 Å². The number of halogens is 1. The lowest BCUT2D eigenvalue weighted by Crippen LogP contribution is -2.08. The molecule has 0 aliphatic rings. The topological polar surface area (TPSA) is 17.0 Å². The molecule has 2 nitrogen and oxygen atoms in total. The molecule has 2 aromatic rings. The van der Waals surface area contributed by atoms with Crippen LogP contribution < -0.4 is 5.32 Å². The fourth-order valence-corrected chi connectivity index (χ4v) is 2.73. The highest BCUT2D eigenvalue weighted by Gasteiger charge is 2.10. The van der Waals surface area contributed by atoms with Gasteiger partial charge in [0.1, 0.15) is 0 Å². The van der Waals surface area contributed by atoms with Crippen LogP contribution in [0.15, 0.2) is 28.9 Å². The van der Waals surface area contributed by atoms with Gasteiger partial charge in [0.15, 0.2) is 0 Å². The normalized spacial score (nSPS) is 11.6. The van der Waals surface area contributed by atoms with Crippen LogP contribution in [-0.4, -0.2) is 18.2 Å². The molecular formula is C15H21BrN2. The summed E-state index contributed by atoms with van der Waals surface area (Å²) in [6, 6.07) is 7.08. The number of aromatic nitrogens is 1. The molecule has 0 atom stereocenters. The first-order valence-electron chi connectivity index (χ1n) is 6.57. The van der Waals surface area contributed by atoms with Crippen molar-refractivity contribution in [1.82, 2.24) is 9.88 Å². The third kappa shape index (κ3) is 2.78. The van der Waals surface area contributed by atoms with Crippen molar-refractivity contribution in [3.63, 3.8) is 0 Å². The molecule has 1 aromatic carbocycles. The molecule has 0 amide bonds. The molecular weight excluding hydrogens is 288 g/mol. The molecule has 0 saturated carbocycles. The van der Waals surface area contributed by atoms with Gasteiger partial charge in [0.25, 0.3) is 0 Å². The Morgan fingerprint density at radius 3 is 2.78 bits per heavy atom. The van der Waals surface area contributed by atoms with E-state index in [0.29, 0.717) is 6.04 Å². The minimum Gasteiger partial charge on any atom is -0.345 e. The Labute approximate surface area is 118 Å². The molecule has 2 rings (SSSR count). The zero-order valence-corrected chi connectivity index (χ0v) is 12.9. The lowest BCUT2D eigenvalue weighted by atomic mass is 10.1. The van der Waals surface area contributed by atoms with E-state index in [0.717, 1.165) is 17.4 Å². The number of fused-ring (bicyclic) bond motifs is 1. The molecule has 0 spiro atoms. The summed E-state index contributed by atoms with van der Waals surface area (Å²) < 4.78 is 3.52. The maximum Gasteiger partial charge on any atom is 0.0496 e. The van der Waals surface area contributed by atoms with Crippen molar-refractivity contribution < 1.29 is 0 Å². The number of nitrogens with one attached hydrogen (secondary N) is 1.